The lowest BCUT2D eigenvalue weighted by Gasteiger charge is -2.46. The first-order chi connectivity index (χ1) is 15.5. The number of hydrogen-bond acceptors (Lipinski definition) is 7. The Hall–Kier alpha value is -3.73. The van der Waals surface area contributed by atoms with Crippen LogP contribution in [-0.4, -0.2) is 47.9 Å². The van der Waals surface area contributed by atoms with E-state index < -0.39 is 0 Å². The number of hydrogen-bond donors (Lipinski definition) is 3. The van der Waals surface area contributed by atoms with Crippen molar-refractivity contribution < 1.29 is 4.79 Å². The van der Waals surface area contributed by atoms with Crippen molar-refractivity contribution in [2.45, 2.75) is 32.2 Å². The molecule has 3 heterocycles. The number of nitrogens with zero attached hydrogens (tertiary/aromatic N) is 4. The Bertz CT molecular complexity index is 999. The zero-order valence-electron chi connectivity index (χ0n) is 18.1. The number of nitrogens with two attached hydrogens (primary N) is 1. The van der Waals surface area contributed by atoms with Gasteiger partial charge in [-0.2, -0.15) is 5.26 Å². The predicted octanol–water partition coefficient (Wildman–Crippen LogP) is 3.23. The van der Waals surface area contributed by atoms with Gasteiger partial charge in [0, 0.05) is 50.5 Å². The number of rotatable bonds is 4. The lowest BCUT2D eigenvalue weighted by Crippen LogP contribution is -2.53. The van der Waals surface area contributed by atoms with Crippen molar-refractivity contribution in [3.8, 4) is 6.07 Å². The second-order valence-corrected chi connectivity index (χ2v) is 8.14. The maximum Gasteiger partial charge on any atom is 0.229 e. The third-order valence-corrected chi connectivity index (χ3v) is 6.24. The summed E-state index contributed by atoms with van der Waals surface area (Å²) < 4.78 is 0. The average Bonchev–Trinajstić information content (AvgIpc) is 2.84. The van der Waals surface area contributed by atoms with Gasteiger partial charge in [-0.05, 0) is 49.4 Å². The van der Waals surface area contributed by atoms with E-state index in [0.717, 1.165) is 74.8 Å². The number of anilines is 2. The summed E-state index contributed by atoms with van der Waals surface area (Å²) in [5, 5.41) is 21.3. The molecule has 4 rings (SSSR count). The van der Waals surface area contributed by atoms with Gasteiger partial charge in [-0.15, -0.1) is 0 Å². The van der Waals surface area contributed by atoms with Crippen LogP contribution in [0.15, 0.2) is 42.6 Å². The van der Waals surface area contributed by atoms with Crippen molar-refractivity contribution in [2.24, 2.45) is 5.41 Å². The Morgan fingerprint density at radius 2 is 1.84 bits per heavy atom. The van der Waals surface area contributed by atoms with Crippen LogP contribution in [0.2, 0.25) is 0 Å². The number of carbonyl (C=O) groups is 1. The molecule has 2 saturated heterocycles. The Labute approximate surface area is 188 Å². The van der Waals surface area contributed by atoms with E-state index in [1.165, 1.54) is 0 Å². The molecule has 1 aromatic heterocycles. The molecule has 0 radical (unpaired) electrons. The Balaban J connectivity index is 0.000000668. The van der Waals surface area contributed by atoms with E-state index in [1.807, 2.05) is 35.2 Å². The van der Waals surface area contributed by atoms with Crippen molar-refractivity contribution in [1.29, 1.82) is 16.1 Å². The zero-order chi connectivity index (χ0) is 23.0. The number of aromatic nitrogens is 1. The number of nitriles is 1. The van der Waals surface area contributed by atoms with Gasteiger partial charge in [0.1, 0.15) is 5.82 Å². The number of likely N-dealkylation sites (tertiary alicyclic amines) is 1. The fourth-order valence-electron chi connectivity index (χ4n) is 4.48. The molecule has 8 heteroatoms. The molecule has 1 amide bonds. The molecule has 2 aromatic rings. The monoisotopic (exact) mass is 431 g/mol. The molecular formula is C24H29N7O. The van der Waals surface area contributed by atoms with E-state index in [4.69, 9.17) is 21.8 Å². The first kappa shape index (κ1) is 22.9. The topological polar surface area (TPSA) is 134 Å². The smallest absolute Gasteiger partial charge is 0.229 e. The number of pyridine rings is 1. The second kappa shape index (κ2) is 10.5. The van der Waals surface area contributed by atoms with Gasteiger partial charge in [0.05, 0.1) is 17.0 Å². The van der Waals surface area contributed by atoms with Crippen LogP contribution in [-0.2, 0) is 11.3 Å². The number of nitrogen functional groups attached to an aromatic ring is 1. The quantitative estimate of drug-likeness (QED) is 0.505. The predicted molar refractivity (Wildman–Crippen MR) is 126 cm³/mol. The molecule has 0 saturated carbocycles. The van der Waals surface area contributed by atoms with E-state index in [9.17, 15) is 4.79 Å². The van der Waals surface area contributed by atoms with Crippen molar-refractivity contribution in [3.63, 3.8) is 0 Å². The third kappa shape index (κ3) is 5.11. The highest BCUT2D eigenvalue weighted by molar-refractivity contribution is 6.12. The van der Waals surface area contributed by atoms with Gasteiger partial charge in [-0.25, -0.2) is 4.98 Å². The summed E-state index contributed by atoms with van der Waals surface area (Å²) in [4.78, 5) is 22.0. The highest BCUT2D eigenvalue weighted by Crippen LogP contribution is 2.42. The van der Waals surface area contributed by atoms with Gasteiger partial charge >= 0.3 is 0 Å². The molecule has 2 fully saturated rings. The van der Waals surface area contributed by atoms with E-state index in [1.54, 1.807) is 12.3 Å². The number of benzene rings is 1. The van der Waals surface area contributed by atoms with Crippen LogP contribution in [0.1, 0.15) is 36.8 Å². The van der Waals surface area contributed by atoms with E-state index in [0.29, 0.717) is 12.1 Å². The largest absolute Gasteiger partial charge is 0.398 e. The normalized spacial score (nSPS) is 17.2. The zero-order valence-corrected chi connectivity index (χ0v) is 18.1. The summed E-state index contributed by atoms with van der Waals surface area (Å²) in [5.74, 6) is 1.09. The van der Waals surface area contributed by atoms with E-state index in [2.05, 4.69) is 16.0 Å². The maximum atomic E-state index is 13.4. The van der Waals surface area contributed by atoms with Crippen LogP contribution >= 0.6 is 0 Å². The van der Waals surface area contributed by atoms with Gasteiger partial charge in [0.25, 0.3) is 0 Å². The molecule has 166 valence electrons. The van der Waals surface area contributed by atoms with Gasteiger partial charge < -0.3 is 26.4 Å². The molecular weight excluding hydrogens is 402 g/mol. The molecule has 0 bridgehead atoms. The Kier molecular flexibility index (Phi) is 7.55. The van der Waals surface area contributed by atoms with Crippen molar-refractivity contribution in [2.75, 3.05) is 30.3 Å². The molecule has 8 nitrogen and oxygen atoms in total. The first-order valence-corrected chi connectivity index (χ1v) is 10.8. The van der Waals surface area contributed by atoms with Crippen LogP contribution < -0.4 is 10.6 Å². The number of carbonyl (C=O) groups excluding carboxylic acids is 1. The summed E-state index contributed by atoms with van der Waals surface area (Å²) in [7, 11) is 0. The molecule has 0 aliphatic carbocycles. The molecule has 4 N–H and O–H groups in total. The van der Waals surface area contributed by atoms with Crippen molar-refractivity contribution >= 4 is 29.8 Å². The number of para-hydroxylation sites is 1. The van der Waals surface area contributed by atoms with Gasteiger partial charge in [0.15, 0.2) is 0 Å². The summed E-state index contributed by atoms with van der Waals surface area (Å²) in [6.07, 6.45) is 7.14. The van der Waals surface area contributed by atoms with Crippen molar-refractivity contribution in [3.05, 3.63) is 53.7 Å². The number of amides is 1. The highest BCUT2D eigenvalue weighted by atomic mass is 16.2. The summed E-state index contributed by atoms with van der Waals surface area (Å²) in [6, 6.07) is 13.5. The standard InChI is InChI=1S/C22H25N5O.C2H4N2/c23-15-17-6-10-25-20(14-17)26-12-8-22(9-13-26)7-3-11-27(21(22)28)16-18-4-1-2-5-19(18)24;3-1-2-4/h1-2,4-6,10,14H,3,7-9,11-13,16,24H2;1-4H. The molecule has 2 aliphatic heterocycles. The van der Waals surface area contributed by atoms with Gasteiger partial charge in [-0.3, -0.25) is 4.79 Å². The Morgan fingerprint density at radius 1 is 1.12 bits per heavy atom. The summed E-state index contributed by atoms with van der Waals surface area (Å²) >= 11 is 0. The van der Waals surface area contributed by atoms with Crippen molar-refractivity contribution in [1.82, 2.24) is 9.88 Å². The number of piperidine rings is 2. The summed E-state index contributed by atoms with van der Waals surface area (Å²) in [5.41, 5.74) is 8.19. The van der Waals surface area contributed by atoms with Gasteiger partial charge in [0.2, 0.25) is 5.91 Å². The molecule has 0 unspecified atom stereocenters. The maximum absolute atomic E-state index is 13.4. The lowest BCUT2D eigenvalue weighted by molar-refractivity contribution is -0.148. The Morgan fingerprint density at radius 3 is 2.50 bits per heavy atom. The molecule has 1 aromatic carbocycles. The van der Waals surface area contributed by atoms with E-state index >= 15 is 0 Å². The minimum atomic E-state index is -0.273. The van der Waals surface area contributed by atoms with E-state index in [-0.39, 0.29) is 11.3 Å². The van der Waals surface area contributed by atoms with Crippen LogP contribution in [0.4, 0.5) is 11.5 Å². The highest BCUT2D eigenvalue weighted by Gasteiger charge is 2.45. The molecule has 0 atom stereocenters. The van der Waals surface area contributed by atoms with Crippen LogP contribution in [0.5, 0.6) is 0 Å². The van der Waals surface area contributed by atoms with Crippen LogP contribution in [0.25, 0.3) is 0 Å². The SMILES string of the molecule is N#Cc1ccnc(N2CCC3(CCCN(Cc4ccccc4N)C3=O)CC2)c1.N=CC=N. The number of nitrogens with one attached hydrogen (secondary N) is 2. The molecule has 1 spiro atoms. The fourth-order valence-corrected chi connectivity index (χ4v) is 4.48. The third-order valence-electron chi connectivity index (χ3n) is 6.24. The minimum absolute atomic E-state index is 0.264. The minimum Gasteiger partial charge on any atom is -0.398 e. The summed E-state index contributed by atoms with van der Waals surface area (Å²) in [6.45, 7) is 2.96. The van der Waals surface area contributed by atoms with Crippen LogP contribution in [0.3, 0.4) is 0 Å². The van der Waals surface area contributed by atoms with Gasteiger partial charge in [-0.1, -0.05) is 18.2 Å². The average molecular weight is 432 g/mol. The van der Waals surface area contributed by atoms with Crippen LogP contribution in [0, 0.1) is 27.6 Å². The molecule has 32 heavy (non-hydrogen) atoms. The lowest BCUT2D eigenvalue weighted by atomic mass is 9.71. The first-order valence-electron chi connectivity index (χ1n) is 10.8. The fraction of sp³-hybridized carbons (Fsp3) is 0.375. The molecule has 2 aliphatic rings. The second-order valence-electron chi connectivity index (χ2n) is 8.14.